The van der Waals surface area contributed by atoms with Gasteiger partial charge in [0.15, 0.2) is 0 Å². The third kappa shape index (κ3) is 19.6. The van der Waals surface area contributed by atoms with Crippen LogP contribution in [0.15, 0.2) is 0 Å². The van der Waals surface area contributed by atoms with Crippen LogP contribution in [0.25, 0.3) is 0 Å². The molecule has 0 aromatic heterocycles. The number of esters is 1. The molecular formula is C12H25BF4O3S. The van der Waals surface area contributed by atoms with Crippen LogP contribution in [-0.4, -0.2) is 49.8 Å². The summed E-state index contributed by atoms with van der Waals surface area (Å²) in [6.07, 6.45) is 5.39. The van der Waals surface area contributed by atoms with Gasteiger partial charge in [-0.05, 0) is 31.7 Å². The molecule has 0 aromatic carbocycles. The fourth-order valence-electron chi connectivity index (χ4n) is 1.09. The minimum atomic E-state index is -6.00. The molecule has 9 heteroatoms. The van der Waals surface area contributed by atoms with Crippen LogP contribution < -0.4 is 0 Å². The quantitative estimate of drug-likeness (QED) is 0.235. The Balaban J connectivity index is 0. The SMILES string of the molecule is CC(=O)OC(C)COCCC(C)(C)[S+](C)C.F[B-](F)(F)F. The second-order valence-electron chi connectivity index (χ2n) is 5.32. The van der Waals surface area contributed by atoms with E-state index in [0.29, 0.717) is 22.2 Å². The van der Waals surface area contributed by atoms with E-state index < -0.39 is 7.25 Å². The van der Waals surface area contributed by atoms with Crippen molar-refractivity contribution in [1.82, 2.24) is 0 Å². The van der Waals surface area contributed by atoms with Crippen LogP contribution in [0.1, 0.15) is 34.1 Å². The maximum absolute atomic E-state index is 10.7. The van der Waals surface area contributed by atoms with Crippen molar-refractivity contribution in [1.29, 1.82) is 0 Å². The van der Waals surface area contributed by atoms with Crippen LogP contribution in [0.4, 0.5) is 17.3 Å². The summed E-state index contributed by atoms with van der Waals surface area (Å²) < 4.78 is 49.8. The molecule has 0 saturated carbocycles. The molecule has 0 aromatic rings. The molecule has 1 unspecified atom stereocenters. The van der Waals surface area contributed by atoms with Gasteiger partial charge in [0.2, 0.25) is 0 Å². The number of hydrogen-bond donors (Lipinski definition) is 0. The van der Waals surface area contributed by atoms with Crippen molar-refractivity contribution in [2.24, 2.45) is 0 Å². The Morgan fingerprint density at radius 2 is 1.67 bits per heavy atom. The van der Waals surface area contributed by atoms with Crippen molar-refractivity contribution in [2.45, 2.75) is 45.0 Å². The summed E-state index contributed by atoms with van der Waals surface area (Å²) in [5.41, 5.74) is 0. The third-order valence-electron chi connectivity index (χ3n) is 2.67. The number of rotatable bonds is 7. The van der Waals surface area contributed by atoms with Crippen molar-refractivity contribution < 1.29 is 31.5 Å². The van der Waals surface area contributed by atoms with Crippen LogP contribution >= 0.6 is 0 Å². The first-order valence-corrected chi connectivity index (χ1v) is 8.50. The van der Waals surface area contributed by atoms with Crippen molar-refractivity contribution in [3.05, 3.63) is 0 Å². The summed E-state index contributed by atoms with van der Waals surface area (Å²) in [5, 5.41) is 0. The number of ether oxygens (including phenoxy) is 2. The van der Waals surface area contributed by atoms with Crippen molar-refractivity contribution in [3.63, 3.8) is 0 Å². The molecule has 0 aliphatic carbocycles. The highest BCUT2D eigenvalue weighted by atomic mass is 32.2. The minimum absolute atomic E-state index is 0.151. The zero-order valence-corrected chi connectivity index (χ0v) is 14.2. The first-order chi connectivity index (χ1) is 9.25. The Bertz CT molecular complexity index is 293. The lowest BCUT2D eigenvalue weighted by atomic mass is 10.1. The Hall–Kier alpha value is -0.435. The highest BCUT2D eigenvalue weighted by Gasteiger charge is 2.30. The molecule has 3 nitrogen and oxygen atoms in total. The van der Waals surface area contributed by atoms with Gasteiger partial charge >= 0.3 is 13.2 Å². The van der Waals surface area contributed by atoms with Gasteiger partial charge in [-0.2, -0.15) is 0 Å². The average Bonchev–Trinajstić information content (AvgIpc) is 2.20. The number of hydrogen-bond acceptors (Lipinski definition) is 3. The highest BCUT2D eigenvalue weighted by Crippen LogP contribution is 2.19. The van der Waals surface area contributed by atoms with E-state index in [1.807, 2.05) is 6.92 Å². The molecule has 0 aliphatic rings. The monoisotopic (exact) mass is 336 g/mol. The average molecular weight is 336 g/mol. The van der Waals surface area contributed by atoms with Crippen molar-refractivity contribution in [3.8, 4) is 0 Å². The predicted octanol–water partition coefficient (Wildman–Crippen LogP) is 3.30. The van der Waals surface area contributed by atoms with Crippen molar-refractivity contribution in [2.75, 3.05) is 25.7 Å². The molecule has 0 spiro atoms. The van der Waals surface area contributed by atoms with Gasteiger partial charge in [-0.15, -0.1) is 0 Å². The molecule has 0 amide bonds. The Morgan fingerprint density at radius 1 is 1.24 bits per heavy atom. The lowest BCUT2D eigenvalue weighted by molar-refractivity contribution is -0.148. The lowest BCUT2D eigenvalue weighted by Gasteiger charge is -2.21. The van der Waals surface area contributed by atoms with Gasteiger partial charge in [-0.3, -0.25) is 4.79 Å². The second kappa shape index (κ2) is 10.3. The third-order valence-corrected chi connectivity index (χ3v) is 5.09. The molecule has 0 saturated heterocycles. The van der Waals surface area contributed by atoms with Gasteiger partial charge in [0.1, 0.15) is 10.9 Å². The Morgan fingerprint density at radius 3 is 2.00 bits per heavy atom. The van der Waals surface area contributed by atoms with Gasteiger partial charge in [-0.1, -0.05) is 0 Å². The molecular weight excluding hydrogens is 311 g/mol. The molecule has 0 rings (SSSR count). The Kier molecular flexibility index (Phi) is 11.2. The molecule has 128 valence electrons. The second-order valence-corrected chi connectivity index (χ2v) is 8.05. The highest BCUT2D eigenvalue weighted by molar-refractivity contribution is 7.96. The van der Waals surface area contributed by atoms with E-state index in [0.717, 1.165) is 13.0 Å². The summed E-state index contributed by atoms with van der Waals surface area (Å²) in [5.74, 6) is -0.250. The van der Waals surface area contributed by atoms with Crippen LogP contribution in [0.2, 0.25) is 0 Å². The summed E-state index contributed by atoms with van der Waals surface area (Å²) in [6, 6.07) is 0. The molecule has 0 aliphatic heterocycles. The van der Waals surface area contributed by atoms with E-state index in [4.69, 9.17) is 9.47 Å². The molecule has 0 N–H and O–H groups in total. The topological polar surface area (TPSA) is 35.5 Å². The van der Waals surface area contributed by atoms with Gasteiger partial charge in [-0.25, -0.2) is 0 Å². The molecule has 0 bridgehead atoms. The van der Waals surface area contributed by atoms with E-state index in [2.05, 4.69) is 26.4 Å². The summed E-state index contributed by atoms with van der Waals surface area (Å²) >= 11 is 0. The summed E-state index contributed by atoms with van der Waals surface area (Å²) in [6.45, 7) is 8.99. The number of carbonyl (C=O) groups is 1. The largest absolute Gasteiger partial charge is 0.673 e. The zero-order valence-electron chi connectivity index (χ0n) is 13.4. The summed E-state index contributed by atoms with van der Waals surface area (Å²) in [7, 11) is -5.61. The predicted molar refractivity (Wildman–Crippen MR) is 80.1 cm³/mol. The van der Waals surface area contributed by atoms with Gasteiger partial charge < -0.3 is 26.7 Å². The molecule has 1 atom stereocenters. The van der Waals surface area contributed by atoms with Gasteiger partial charge in [0.25, 0.3) is 0 Å². The molecule has 0 radical (unpaired) electrons. The fourth-order valence-corrected chi connectivity index (χ4v) is 1.58. The van der Waals surface area contributed by atoms with Crippen LogP contribution in [0.3, 0.4) is 0 Å². The van der Waals surface area contributed by atoms with Crippen molar-refractivity contribution >= 4 is 24.1 Å². The first-order valence-electron chi connectivity index (χ1n) is 6.45. The van der Waals surface area contributed by atoms with E-state index in [-0.39, 0.29) is 12.1 Å². The summed E-state index contributed by atoms with van der Waals surface area (Å²) in [4.78, 5) is 10.7. The van der Waals surface area contributed by atoms with Crippen LogP contribution in [0, 0.1) is 0 Å². The van der Waals surface area contributed by atoms with E-state index in [1.165, 1.54) is 6.92 Å². The number of halogens is 4. The van der Waals surface area contributed by atoms with E-state index in [9.17, 15) is 22.1 Å². The first kappa shape index (κ1) is 22.8. The normalized spacial score (nSPS) is 13.5. The minimum Gasteiger partial charge on any atom is -0.460 e. The zero-order chi connectivity index (χ0) is 17.3. The lowest BCUT2D eigenvalue weighted by Crippen LogP contribution is -2.32. The van der Waals surface area contributed by atoms with Gasteiger partial charge in [0.05, 0.1) is 25.7 Å². The van der Waals surface area contributed by atoms with E-state index in [1.54, 1.807) is 0 Å². The molecule has 21 heavy (non-hydrogen) atoms. The van der Waals surface area contributed by atoms with E-state index >= 15 is 0 Å². The van der Waals surface area contributed by atoms with Crippen LogP contribution in [-0.2, 0) is 25.2 Å². The smallest absolute Gasteiger partial charge is 0.460 e. The maximum atomic E-state index is 10.7. The molecule has 0 heterocycles. The number of carbonyl (C=O) groups excluding carboxylic acids is 1. The fraction of sp³-hybridized carbons (Fsp3) is 0.917. The van der Waals surface area contributed by atoms with Gasteiger partial charge in [0, 0.05) is 13.3 Å². The maximum Gasteiger partial charge on any atom is 0.673 e. The molecule has 0 fully saturated rings. The standard InChI is InChI=1S/C12H25O3S.BF4/c1-10(15-11(2)13)9-14-8-7-12(3,4)16(5)6;2-1(3,4)5/h10H,7-9H2,1-6H3;/q+1;-1. The van der Waals surface area contributed by atoms with Crippen LogP contribution in [0.5, 0.6) is 0 Å². The Labute approximate surface area is 127 Å².